The van der Waals surface area contributed by atoms with E-state index in [-0.39, 0.29) is 0 Å². The number of rotatable bonds is 7. The van der Waals surface area contributed by atoms with Crippen LogP contribution in [0.25, 0.3) is 0 Å². The summed E-state index contributed by atoms with van der Waals surface area (Å²) < 4.78 is 5.52. The molecule has 0 fully saturated rings. The minimum atomic E-state index is 0.651. The van der Waals surface area contributed by atoms with Crippen molar-refractivity contribution in [1.82, 2.24) is 10.3 Å². The summed E-state index contributed by atoms with van der Waals surface area (Å²) in [6.07, 6.45) is 3.45. The van der Waals surface area contributed by atoms with Gasteiger partial charge in [-0.15, -0.1) is 0 Å². The van der Waals surface area contributed by atoms with Gasteiger partial charge in [0.15, 0.2) is 6.39 Å². The molecule has 2 rings (SSSR count). The van der Waals surface area contributed by atoms with E-state index >= 15 is 0 Å². The van der Waals surface area contributed by atoms with Gasteiger partial charge in [-0.05, 0) is 31.4 Å². The molecule has 108 valence electrons. The highest BCUT2D eigenvalue weighted by molar-refractivity contribution is 5.22. The molecule has 0 amide bonds. The Labute approximate surface area is 121 Å². The molecule has 0 atom stereocenters. The lowest BCUT2D eigenvalue weighted by atomic mass is 10.1. The zero-order valence-electron chi connectivity index (χ0n) is 12.6. The third-order valence-corrected chi connectivity index (χ3v) is 3.33. The van der Waals surface area contributed by atoms with Crippen molar-refractivity contribution >= 4 is 0 Å². The molecule has 1 aromatic heterocycles. The van der Waals surface area contributed by atoms with Crippen molar-refractivity contribution in [1.29, 1.82) is 0 Å². The molecule has 0 saturated heterocycles. The summed E-state index contributed by atoms with van der Waals surface area (Å²) in [6, 6.07) is 8.67. The van der Waals surface area contributed by atoms with E-state index in [0.717, 1.165) is 37.4 Å². The first kappa shape index (κ1) is 14.8. The Bertz CT molecular complexity index is 514. The lowest BCUT2D eigenvalue weighted by Crippen LogP contribution is -2.19. The van der Waals surface area contributed by atoms with Crippen molar-refractivity contribution in [2.45, 2.75) is 40.2 Å². The van der Waals surface area contributed by atoms with Crippen LogP contribution >= 0.6 is 0 Å². The third-order valence-electron chi connectivity index (χ3n) is 3.33. The molecule has 1 aromatic carbocycles. The second-order valence-electron chi connectivity index (χ2n) is 5.73. The van der Waals surface area contributed by atoms with Crippen molar-refractivity contribution in [2.24, 2.45) is 5.92 Å². The highest BCUT2D eigenvalue weighted by Crippen LogP contribution is 2.12. The second-order valence-corrected chi connectivity index (χ2v) is 5.73. The Morgan fingerprint density at radius 2 is 1.90 bits per heavy atom. The topological polar surface area (TPSA) is 38.1 Å². The van der Waals surface area contributed by atoms with Crippen LogP contribution in [0.4, 0.5) is 0 Å². The molecule has 20 heavy (non-hydrogen) atoms. The van der Waals surface area contributed by atoms with Gasteiger partial charge in [0.1, 0.15) is 5.76 Å². The molecule has 0 bridgehead atoms. The van der Waals surface area contributed by atoms with Crippen LogP contribution in [0, 0.1) is 12.8 Å². The van der Waals surface area contributed by atoms with Crippen LogP contribution in [0.2, 0.25) is 0 Å². The molecular formula is C17H24N2O. The van der Waals surface area contributed by atoms with Crippen LogP contribution in [0.1, 0.15) is 36.4 Å². The van der Waals surface area contributed by atoms with E-state index in [2.05, 4.69) is 55.3 Å². The van der Waals surface area contributed by atoms with E-state index < -0.39 is 0 Å². The summed E-state index contributed by atoms with van der Waals surface area (Å²) in [5.41, 5.74) is 3.68. The van der Waals surface area contributed by atoms with E-state index in [9.17, 15) is 0 Å². The van der Waals surface area contributed by atoms with Crippen LogP contribution in [0.3, 0.4) is 0 Å². The van der Waals surface area contributed by atoms with Gasteiger partial charge in [0.2, 0.25) is 0 Å². The number of hydrogen-bond acceptors (Lipinski definition) is 3. The fourth-order valence-corrected chi connectivity index (χ4v) is 2.13. The molecule has 0 aliphatic carbocycles. The van der Waals surface area contributed by atoms with E-state index in [1.165, 1.54) is 11.1 Å². The number of aryl methyl sites for hydroxylation is 3. The predicted octanol–water partition coefficient (Wildman–Crippen LogP) is 3.51. The van der Waals surface area contributed by atoms with Gasteiger partial charge < -0.3 is 9.73 Å². The monoisotopic (exact) mass is 272 g/mol. The summed E-state index contributed by atoms with van der Waals surface area (Å²) >= 11 is 0. The van der Waals surface area contributed by atoms with Gasteiger partial charge in [-0.3, -0.25) is 0 Å². The molecule has 0 unspecified atom stereocenters. The molecule has 0 aliphatic heterocycles. The highest BCUT2D eigenvalue weighted by Gasteiger charge is 2.08. The van der Waals surface area contributed by atoms with Gasteiger partial charge in [0, 0.05) is 13.0 Å². The molecule has 0 spiro atoms. The first-order valence-corrected chi connectivity index (χ1v) is 7.32. The van der Waals surface area contributed by atoms with Crippen LogP contribution in [0.5, 0.6) is 0 Å². The molecular weight excluding hydrogens is 248 g/mol. The van der Waals surface area contributed by atoms with Crippen molar-refractivity contribution in [3.63, 3.8) is 0 Å². The number of oxazole rings is 1. The van der Waals surface area contributed by atoms with E-state index in [1.54, 1.807) is 6.39 Å². The lowest BCUT2D eigenvalue weighted by Gasteiger charge is -2.06. The van der Waals surface area contributed by atoms with Gasteiger partial charge in [-0.1, -0.05) is 43.7 Å². The standard InChI is InChI=1S/C17H24N2O/c1-13(2)10-18-11-16-17(20-12-19-16)9-8-15-6-4-14(3)5-7-15/h4-7,12-13,18H,8-11H2,1-3H3. The number of nitrogens with one attached hydrogen (secondary N) is 1. The normalized spacial score (nSPS) is 11.2. The van der Waals surface area contributed by atoms with Crippen molar-refractivity contribution in [3.8, 4) is 0 Å². The van der Waals surface area contributed by atoms with Gasteiger partial charge >= 0.3 is 0 Å². The van der Waals surface area contributed by atoms with E-state index in [0.29, 0.717) is 5.92 Å². The van der Waals surface area contributed by atoms with Gasteiger partial charge in [0.25, 0.3) is 0 Å². The van der Waals surface area contributed by atoms with Crippen molar-refractivity contribution < 1.29 is 4.42 Å². The Morgan fingerprint density at radius 3 is 2.60 bits per heavy atom. The number of nitrogens with zero attached hydrogens (tertiary/aromatic N) is 1. The van der Waals surface area contributed by atoms with Crippen molar-refractivity contribution in [3.05, 3.63) is 53.2 Å². The average molecular weight is 272 g/mol. The Hall–Kier alpha value is -1.61. The minimum Gasteiger partial charge on any atom is -0.448 e. The maximum absolute atomic E-state index is 5.52. The Balaban J connectivity index is 1.86. The maximum Gasteiger partial charge on any atom is 0.181 e. The average Bonchev–Trinajstić information content (AvgIpc) is 2.85. The molecule has 0 saturated carbocycles. The van der Waals surface area contributed by atoms with Crippen LogP contribution in [-0.2, 0) is 19.4 Å². The van der Waals surface area contributed by atoms with Crippen LogP contribution in [0.15, 0.2) is 35.1 Å². The largest absolute Gasteiger partial charge is 0.448 e. The zero-order valence-corrected chi connectivity index (χ0v) is 12.6. The summed E-state index contributed by atoms with van der Waals surface area (Å²) in [6.45, 7) is 8.31. The maximum atomic E-state index is 5.52. The molecule has 3 heteroatoms. The smallest absolute Gasteiger partial charge is 0.181 e. The minimum absolute atomic E-state index is 0.651. The fourth-order valence-electron chi connectivity index (χ4n) is 2.13. The predicted molar refractivity (Wildman–Crippen MR) is 81.6 cm³/mol. The van der Waals surface area contributed by atoms with Crippen LogP contribution in [-0.4, -0.2) is 11.5 Å². The SMILES string of the molecule is Cc1ccc(CCc2ocnc2CNCC(C)C)cc1. The molecule has 0 aliphatic rings. The summed E-state index contributed by atoms with van der Waals surface area (Å²) in [4.78, 5) is 4.31. The molecule has 2 aromatic rings. The van der Waals surface area contributed by atoms with E-state index in [4.69, 9.17) is 4.42 Å². The molecule has 0 radical (unpaired) electrons. The summed E-state index contributed by atoms with van der Waals surface area (Å²) in [5, 5.41) is 3.41. The number of benzene rings is 1. The van der Waals surface area contributed by atoms with Crippen LogP contribution < -0.4 is 5.32 Å². The first-order chi connectivity index (χ1) is 9.65. The third kappa shape index (κ3) is 4.49. The zero-order chi connectivity index (χ0) is 14.4. The highest BCUT2D eigenvalue weighted by atomic mass is 16.3. The first-order valence-electron chi connectivity index (χ1n) is 7.32. The molecule has 1 N–H and O–H groups in total. The fraction of sp³-hybridized carbons (Fsp3) is 0.471. The summed E-state index contributed by atoms with van der Waals surface area (Å²) in [5.74, 6) is 1.65. The van der Waals surface area contributed by atoms with E-state index in [1.807, 2.05) is 0 Å². The second kappa shape index (κ2) is 7.25. The molecule has 1 heterocycles. The Morgan fingerprint density at radius 1 is 1.15 bits per heavy atom. The quantitative estimate of drug-likeness (QED) is 0.838. The van der Waals surface area contributed by atoms with Gasteiger partial charge in [-0.25, -0.2) is 4.98 Å². The van der Waals surface area contributed by atoms with Gasteiger partial charge in [-0.2, -0.15) is 0 Å². The number of aromatic nitrogens is 1. The van der Waals surface area contributed by atoms with Gasteiger partial charge in [0.05, 0.1) is 5.69 Å². The molecule has 3 nitrogen and oxygen atoms in total. The lowest BCUT2D eigenvalue weighted by molar-refractivity contribution is 0.493. The number of hydrogen-bond donors (Lipinski definition) is 1. The summed E-state index contributed by atoms with van der Waals surface area (Å²) in [7, 11) is 0. The Kier molecular flexibility index (Phi) is 5.36. The van der Waals surface area contributed by atoms with Crippen molar-refractivity contribution in [2.75, 3.05) is 6.54 Å².